The number of nitrogens with zero attached hydrogens (tertiary/aromatic N) is 3. The van der Waals surface area contributed by atoms with Gasteiger partial charge in [-0.05, 0) is 35.4 Å². The van der Waals surface area contributed by atoms with Crippen LogP contribution in [-0.4, -0.2) is 36.8 Å². The minimum Gasteiger partial charge on any atom is -0.393 e. The zero-order chi connectivity index (χ0) is 12.9. The molecule has 96 valence electrons. The molecule has 1 fully saturated rings. The second-order valence-electron chi connectivity index (χ2n) is 4.78. The molecule has 0 saturated heterocycles. The number of nitrogens with two attached hydrogens (primary N) is 1. The third-order valence-electron chi connectivity index (χ3n) is 3.48. The molecule has 0 amide bonds. The Morgan fingerprint density at radius 3 is 2.94 bits per heavy atom. The zero-order valence-electron chi connectivity index (χ0n) is 9.54. The summed E-state index contributed by atoms with van der Waals surface area (Å²) in [7, 11) is 0. The number of anilines is 1. The van der Waals surface area contributed by atoms with E-state index in [1.165, 1.54) is 0 Å². The topological polar surface area (TPSA) is 96.7 Å². The maximum absolute atomic E-state index is 9.86. The van der Waals surface area contributed by atoms with Gasteiger partial charge in [-0.15, -0.1) is 0 Å². The van der Waals surface area contributed by atoms with Crippen molar-refractivity contribution in [1.82, 2.24) is 14.4 Å². The van der Waals surface area contributed by atoms with Crippen molar-refractivity contribution in [3.63, 3.8) is 0 Å². The average molecular weight is 360 g/mol. The number of aromatic nitrogens is 3. The SMILES string of the molecule is Nc1nccn2c(C3CC(O)(CO)C3)nc(I)c12. The maximum atomic E-state index is 9.86. The van der Waals surface area contributed by atoms with Gasteiger partial charge < -0.3 is 15.9 Å². The Bertz CT molecular complexity index is 606. The lowest BCUT2D eigenvalue weighted by Gasteiger charge is -2.41. The van der Waals surface area contributed by atoms with Crippen molar-refractivity contribution in [3.8, 4) is 0 Å². The Balaban J connectivity index is 2.02. The Labute approximate surface area is 117 Å². The number of nitrogen functional groups attached to an aromatic ring is 1. The minimum atomic E-state index is -0.944. The lowest BCUT2D eigenvalue weighted by Crippen LogP contribution is -2.46. The van der Waals surface area contributed by atoms with Crippen molar-refractivity contribution in [2.45, 2.75) is 24.4 Å². The van der Waals surface area contributed by atoms with Crippen LogP contribution in [0.5, 0.6) is 0 Å². The fourth-order valence-corrected chi connectivity index (χ4v) is 3.28. The van der Waals surface area contributed by atoms with Crippen LogP contribution in [0.15, 0.2) is 12.4 Å². The standard InChI is InChI=1S/C11H13IN4O2/c12-8-7-9(13)14-1-2-16(7)10(15-8)6-3-11(18,4-6)5-17/h1-2,6,17-18H,3-5H2,(H2,13,14). The molecule has 1 saturated carbocycles. The predicted molar refractivity (Wildman–Crippen MR) is 74.1 cm³/mol. The molecule has 1 aliphatic carbocycles. The largest absolute Gasteiger partial charge is 0.393 e. The van der Waals surface area contributed by atoms with Crippen LogP contribution in [0, 0.1) is 3.70 Å². The van der Waals surface area contributed by atoms with Gasteiger partial charge in [0, 0.05) is 18.3 Å². The van der Waals surface area contributed by atoms with Crippen LogP contribution in [0.2, 0.25) is 0 Å². The molecule has 2 aromatic heterocycles. The first-order valence-electron chi connectivity index (χ1n) is 5.65. The lowest BCUT2D eigenvalue weighted by atomic mass is 9.71. The highest BCUT2D eigenvalue weighted by Crippen LogP contribution is 2.44. The van der Waals surface area contributed by atoms with E-state index in [1.807, 2.05) is 10.6 Å². The fourth-order valence-electron chi connectivity index (χ4n) is 2.50. The van der Waals surface area contributed by atoms with Crippen LogP contribution in [0.3, 0.4) is 0 Å². The van der Waals surface area contributed by atoms with Crippen LogP contribution in [-0.2, 0) is 0 Å². The van der Waals surface area contributed by atoms with Gasteiger partial charge in [-0.3, -0.25) is 4.40 Å². The number of rotatable bonds is 2. The molecular formula is C11H13IN4O2. The number of halogens is 1. The Kier molecular flexibility index (Phi) is 2.72. The van der Waals surface area contributed by atoms with Crippen LogP contribution in [0.25, 0.3) is 5.52 Å². The van der Waals surface area contributed by atoms with E-state index >= 15 is 0 Å². The summed E-state index contributed by atoms with van der Waals surface area (Å²) in [6.07, 6.45) is 4.52. The average Bonchev–Trinajstić information content (AvgIpc) is 2.64. The summed E-state index contributed by atoms with van der Waals surface area (Å²) >= 11 is 2.13. The van der Waals surface area contributed by atoms with E-state index < -0.39 is 5.60 Å². The van der Waals surface area contributed by atoms with Gasteiger partial charge in [0.15, 0.2) is 5.82 Å². The first-order valence-corrected chi connectivity index (χ1v) is 6.73. The van der Waals surface area contributed by atoms with E-state index in [0.29, 0.717) is 18.7 Å². The van der Waals surface area contributed by atoms with E-state index in [-0.39, 0.29) is 12.5 Å². The molecule has 18 heavy (non-hydrogen) atoms. The molecule has 1 aliphatic rings. The third-order valence-corrected chi connectivity index (χ3v) is 4.23. The second kappa shape index (κ2) is 4.04. The molecule has 0 unspecified atom stereocenters. The van der Waals surface area contributed by atoms with Crippen LogP contribution in [0.4, 0.5) is 5.82 Å². The molecule has 2 heterocycles. The Hall–Kier alpha value is -0.930. The number of aliphatic hydroxyl groups excluding tert-OH is 1. The molecule has 0 atom stereocenters. The maximum Gasteiger partial charge on any atom is 0.150 e. The van der Waals surface area contributed by atoms with E-state index in [9.17, 15) is 5.11 Å². The fraction of sp³-hybridized carbons (Fsp3) is 0.455. The van der Waals surface area contributed by atoms with Crippen molar-refractivity contribution in [2.75, 3.05) is 12.3 Å². The van der Waals surface area contributed by atoms with Crippen LogP contribution >= 0.6 is 22.6 Å². The normalized spacial score (nSPS) is 27.4. The van der Waals surface area contributed by atoms with Crippen molar-refractivity contribution in [1.29, 1.82) is 0 Å². The van der Waals surface area contributed by atoms with E-state index in [4.69, 9.17) is 10.8 Å². The summed E-state index contributed by atoms with van der Waals surface area (Å²) in [5, 5.41) is 18.9. The molecule has 0 radical (unpaired) electrons. The van der Waals surface area contributed by atoms with Gasteiger partial charge in [0.05, 0.1) is 12.2 Å². The number of imidazole rings is 1. The van der Waals surface area contributed by atoms with Crippen LogP contribution in [0.1, 0.15) is 24.6 Å². The van der Waals surface area contributed by atoms with Gasteiger partial charge in [0.1, 0.15) is 15.0 Å². The van der Waals surface area contributed by atoms with Gasteiger partial charge in [-0.25, -0.2) is 9.97 Å². The Morgan fingerprint density at radius 1 is 1.56 bits per heavy atom. The Morgan fingerprint density at radius 2 is 2.28 bits per heavy atom. The van der Waals surface area contributed by atoms with Crippen LogP contribution < -0.4 is 5.73 Å². The molecule has 7 heteroatoms. The first-order chi connectivity index (χ1) is 8.54. The summed E-state index contributed by atoms with van der Waals surface area (Å²) in [6.45, 7) is -0.201. The van der Waals surface area contributed by atoms with E-state index in [1.54, 1.807) is 6.20 Å². The third kappa shape index (κ3) is 1.69. The highest BCUT2D eigenvalue weighted by molar-refractivity contribution is 14.1. The molecule has 0 bridgehead atoms. The highest BCUT2D eigenvalue weighted by atomic mass is 127. The van der Waals surface area contributed by atoms with Crippen molar-refractivity contribution >= 4 is 33.9 Å². The molecule has 0 aromatic carbocycles. The minimum absolute atomic E-state index is 0.153. The second-order valence-corrected chi connectivity index (χ2v) is 5.80. The molecule has 3 rings (SSSR count). The molecule has 4 N–H and O–H groups in total. The number of aliphatic hydroxyl groups is 2. The van der Waals surface area contributed by atoms with E-state index in [2.05, 4.69) is 32.6 Å². The van der Waals surface area contributed by atoms with Crippen molar-refractivity contribution in [2.24, 2.45) is 0 Å². The monoisotopic (exact) mass is 360 g/mol. The first kappa shape index (κ1) is 12.1. The van der Waals surface area contributed by atoms with Gasteiger partial charge in [0.2, 0.25) is 0 Å². The highest BCUT2D eigenvalue weighted by Gasteiger charge is 2.44. The number of hydrogen-bond acceptors (Lipinski definition) is 5. The number of fused-ring (bicyclic) bond motifs is 1. The lowest BCUT2D eigenvalue weighted by molar-refractivity contribution is -0.0882. The number of hydrogen-bond donors (Lipinski definition) is 3. The predicted octanol–water partition coefficient (Wildman–Crippen LogP) is 0.517. The van der Waals surface area contributed by atoms with E-state index in [0.717, 1.165) is 15.0 Å². The summed E-state index contributed by atoms with van der Waals surface area (Å²) in [6, 6.07) is 0. The van der Waals surface area contributed by atoms with Gasteiger partial charge >= 0.3 is 0 Å². The summed E-state index contributed by atoms with van der Waals surface area (Å²) < 4.78 is 2.73. The molecule has 0 spiro atoms. The molecular weight excluding hydrogens is 347 g/mol. The molecule has 2 aromatic rings. The van der Waals surface area contributed by atoms with Gasteiger partial charge in [-0.1, -0.05) is 0 Å². The van der Waals surface area contributed by atoms with Crippen molar-refractivity contribution in [3.05, 3.63) is 21.9 Å². The molecule has 0 aliphatic heterocycles. The van der Waals surface area contributed by atoms with Crippen molar-refractivity contribution < 1.29 is 10.2 Å². The van der Waals surface area contributed by atoms with Gasteiger partial charge in [0.25, 0.3) is 0 Å². The summed E-state index contributed by atoms with van der Waals surface area (Å²) in [5.41, 5.74) is 5.71. The summed E-state index contributed by atoms with van der Waals surface area (Å²) in [5.74, 6) is 1.49. The van der Waals surface area contributed by atoms with Gasteiger partial charge in [-0.2, -0.15) is 0 Å². The zero-order valence-corrected chi connectivity index (χ0v) is 11.7. The smallest absolute Gasteiger partial charge is 0.150 e. The molecule has 6 nitrogen and oxygen atoms in total. The quantitative estimate of drug-likeness (QED) is 0.679. The summed E-state index contributed by atoms with van der Waals surface area (Å²) in [4.78, 5) is 8.56.